The third-order valence-electron chi connectivity index (χ3n) is 5.17. The van der Waals surface area contributed by atoms with Gasteiger partial charge in [0.1, 0.15) is 6.04 Å². The molecule has 1 fully saturated rings. The minimum Gasteiger partial charge on any atom is -0.354 e. The third-order valence-corrected chi connectivity index (χ3v) is 5.17. The summed E-state index contributed by atoms with van der Waals surface area (Å²) in [5, 5.41) is 5.81. The van der Waals surface area contributed by atoms with E-state index in [4.69, 9.17) is 0 Å². The number of benzene rings is 1. The summed E-state index contributed by atoms with van der Waals surface area (Å²) in [5.41, 5.74) is -0.555. The minimum absolute atomic E-state index is 0.0463. The Balaban J connectivity index is 1.47. The van der Waals surface area contributed by atoms with Crippen molar-refractivity contribution in [2.75, 3.05) is 19.6 Å². The summed E-state index contributed by atoms with van der Waals surface area (Å²) >= 11 is 0. The second kappa shape index (κ2) is 9.38. The maximum atomic E-state index is 12.2. The lowest BCUT2D eigenvalue weighted by molar-refractivity contribution is -0.136. The molecule has 0 bridgehead atoms. The van der Waals surface area contributed by atoms with E-state index in [2.05, 4.69) is 15.6 Å². The van der Waals surface area contributed by atoms with Crippen LogP contribution in [0.5, 0.6) is 0 Å². The molecule has 1 atom stereocenters. The number of fused-ring (bicyclic) bond motifs is 1. The van der Waals surface area contributed by atoms with Gasteiger partial charge in [0.05, 0.1) is 10.9 Å². The first-order chi connectivity index (χ1) is 14.4. The second-order valence-corrected chi connectivity index (χ2v) is 7.19. The van der Waals surface area contributed by atoms with Crippen LogP contribution in [0.25, 0.3) is 10.9 Å². The van der Waals surface area contributed by atoms with Crippen molar-refractivity contribution in [3.05, 3.63) is 45.1 Å². The molecule has 30 heavy (non-hydrogen) atoms. The number of H-pyrrole nitrogens is 1. The van der Waals surface area contributed by atoms with Crippen LogP contribution in [0.4, 0.5) is 0 Å². The Morgan fingerprint density at radius 3 is 2.63 bits per heavy atom. The number of nitrogens with zero attached hydrogens (tertiary/aromatic N) is 2. The number of para-hydroxylation sites is 1. The zero-order valence-corrected chi connectivity index (χ0v) is 16.8. The van der Waals surface area contributed by atoms with E-state index < -0.39 is 17.3 Å². The van der Waals surface area contributed by atoms with Crippen LogP contribution < -0.4 is 21.9 Å². The molecule has 1 aromatic heterocycles. The zero-order valence-electron chi connectivity index (χ0n) is 16.8. The number of hydrogen-bond acceptors (Lipinski definition) is 5. The molecule has 1 aliphatic heterocycles. The first-order valence-electron chi connectivity index (χ1n) is 9.92. The summed E-state index contributed by atoms with van der Waals surface area (Å²) < 4.78 is 1.36. The first kappa shape index (κ1) is 21.3. The molecule has 3 amide bonds. The van der Waals surface area contributed by atoms with Crippen molar-refractivity contribution in [3.63, 3.8) is 0 Å². The molecule has 10 heteroatoms. The molecule has 1 saturated heterocycles. The maximum absolute atomic E-state index is 12.2. The van der Waals surface area contributed by atoms with Crippen LogP contribution in [-0.2, 0) is 20.9 Å². The smallest absolute Gasteiger partial charge is 0.328 e. The predicted molar refractivity (Wildman–Crippen MR) is 110 cm³/mol. The largest absolute Gasteiger partial charge is 0.354 e. The van der Waals surface area contributed by atoms with Gasteiger partial charge in [0, 0.05) is 39.5 Å². The van der Waals surface area contributed by atoms with Gasteiger partial charge in [-0.25, -0.2) is 4.79 Å². The summed E-state index contributed by atoms with van der Waals surface area (Å²) in [6.45, 7) is 2.63. The standard InChI is InChI=1S/C20H25N5O5/c1-13(26)24-11-4-7-16(24)19(29)22-10-9-21-17(27)8-12-25-15-6-3-2-5-14(15)18(28)23-20(25)30/h2-3,5-6,16H,4,7-12H2,1H3,(H,21,27)(H,22,29)(H,23,28,30)/t16-/m0/s1. The molecule has 0 spiro atoms. The molecular formula is C20H25N5O5. The van der Waals surface area contributed by atoms with Crippen molar-refractivity contribution in [2.45, 2.75) is 38.8 Å². The van der Waals surface area contributed by atoms with Gasteiger partial charge in [-0.05, 0) is 25.0 Å². The Hall–Kier alpha value is -3.43. The average Bonchev–Trinajstić information content (AvgIpc) is 3.21. The molecule has 2 heterocycles. The van der Waals surface area contributed by atoms with Gasteiger partial charge in [-0.3, -0.25) is 28.7 Å². The van der Waals surface area contributed by atoms with Crippen molar-refractivity contribution >= 4 is 28.6 Å². The number of aryl methyl sites for hydroxylation is 1. The zero-order chi connectivity index (χ0) is 21.7. The number of nitrogens with one attached hydrogen (secondary N) is 3. The highest BCUT2D eigenvalue weighted by Gasteiger charge is 2.31. The van der Waals surface area contributed by atoms with Crippen LogP contribution in [0.2, 0.25) is 0 Å². The first-order valence-corrected chi connectivity index (χ1v) is 9.92. The lowest BCUT2D eigenvalue weighted by atomic mass is 10.2. The normalized spacial score (nSPS) is 15.9. The molecule has 1 aromatic carbocycles. The Labute approximate surface area is 172 Å². The number of carbonyl (C=O) groups excluding carboxylic acids is 3. The van der Waals surface area contributed by atoms with Gasteiger partial charge < -0.3 is 15.5 Å². The highest BCUT2D eigenvalue weighted by molar-refractivity contribution is 5.87. The van der Waals surface area contributed by atoms with E-state index in [0.29, 0.717) is 23.9 Å². The fraction of sp³-hybridized carbons (Fsp3) is 0.450. The minimum atomic E-state index is -0.564. The van der Waals surface area contributed by atoms with E-state index >= 15 is 0 Å². The van der Waals surface area contributed by atoms with Crippen LogP contribution in [0.15, 0.2) is 33.9 Å². The lowest BCUT2D eigenvalue weighted by Crippen LogP contribution is -2.46. The molecule has 160 valence electrons. The topological polar surface area (TPSA) is 133 Å². The van der Waals surface area contributed by atoms with E-state index in [-0.39, 0.29) is 43.8 Å². The van der Waals surface area contributed by atoms with Gasteiger partial charge in [0.2, 0.25) is 17.7 Å². The van der Waals surface area contributed by atoms with Gasteiger partial charge in [0.25, 0.3) is 5.56 Å². The number of aromatic amines is 1. The molecule has 10 nitrogen and oxygen atoms in total. The van der Waals surface area contributed by atoms with Gasteiger partial charge in [-0.1, -0.05) is 12.1 Å². The summed E-state index contributed by atoms with van der Waals surface area (Å²) in [5.74, 6) is -0.619. The van der Waals surface area contributed by atoms with Crippen molar-refractivity contribution in [2.24, 2.45) is 0 Å². The highest BCUT2D eigenvalue weighted by atomic mass is 16.2. The highest BCUT2D eigenvalue weighted by Crippen LogP contribution is 2.17. The average molecular weight is 415 g/mol. The van der Waals surface area contributed by atoms with Crippen molar-refractivity contribution in [1.29, 1.82) is 0 Å². The summed E-state index contributed by atoms with van der Waals surface area (Å²) in [6.07, 6.45) is 1.48. The molecule has 0 unspecified atom stereocenters. The monoisotopic (exact) mass is 415 g/mol. The number of likely N-dealkylation sites (tertiary alicyclic amines) is 1. The third kappa shape index (κ3) is 4.76. The summed E-state index contributed by atoms with van der Waals surface area (Å²) in [7, 11) is 0. The van der Waals surface area contributed by atoms with Crippen molar-refractivity contribution < 1.29 is 14.4 Å². The van der Waals surface area contributed by atoms with Crippen LogP contribution in [-0.4, -0.2) is 57.8 Å². The number of hydrogen-bond donors (Lipinski definition) is 3. The predicted octanol–water partition coefficient (Wildman–Crippen LogP) is -0.677. The fourth-order valence-corrected chi connectivity index (χ4v) is 3.69. The molecule has 1 aliphatic rings. The van der Waals surface area contributed by atoms with Crippen LogP contribution in [0, 0.1) is 0 Å². The van der Waals surface area contributed by atoms with Gasteiger partial charge in [-0.15, -0.1) is 0 Å². The van der Waals surface area contributed by atoms with Crippen molar-refractivity contribution in [3.8, 4) is 0 Å². The Morgan fingerprint density at radius 1 is 1.13 bits per heavy atom. The molecule has 0 aliphatic carbocycles. The van der Waals surface area contributed by atoms with E-state index in [9.17, 15) is 24.0 Å². The SMILES string of the molecule is CC(=O)N1CCC[C@H]1C(=O)NCCNC(=O)CCn1c(=O)[nH]c(=O)c2ccccc21. The lowest BCUT2D eigenvalue weighted by Gasteiger charge is -2.22. The molecule has 0 radical (unpaired) electrons. The second-order valence-electron chi connectivity index (χ2n) is 7.19. The van der Waals surface area contributed by atoms with Crippen LogP contribution in [0.1, 0.15) is 26.2 Å². The quantitative estimate of drug-likeness (QED) is 0.516. The number of rotatable bonds is 7. The summed E-state index contributed by atoms with van der Waals surface area (Å²) in [6, 6.07) is 6.25. The van der Waals surface area contributed by atoms with Gasteiger partial charge in [0.15, 0.2) is 0 Å². The van der Waals surface area contributed by atoms with Crippen molar-refractivity contribution in [1.82, 2.24) is 25.1 Å². The molecular weight excluding hydrogens is 390 g/mol. The fourth-order valence-electron chi connectivity index (χ4n) is 3.69. The van der Waals surface area contributed by atoms with E-state index in [1.165, 1.54) is 11.5 Å². The van der Waals surface area contributed by atoms with Gasteiger partial charge >= 0.3 is 5.69 Å². The number of carbonyl (C=O) groups is 3. The van der Waals surface area contributed by atoms with E-state index in [0.717, 1.165) is 6.42 Å². The molecule has 3 N–H and O–H groups in total. The van der Waals surface area contributed by atoms with Crippen LogP contribution in [0.3, 0.4) is 0 Å². The number of amides is 3. The van der Waals surface area contributed by atoms with E-state index in [1.807, 2.05) is 0 Å². The van der Waals surface area contributed by atoms with E-state index in [1.54, 1.807) is 29.2 Å². The Kier molecular flexibility index (Phi) is 6.65. The summed E-state index contributed by atoms with van der Waals surface area (Å²) in [4.78, 5) is 63.6. The Bertz CT molecular complexity index is 1070. The van der Waals surface area contributed by atoms with Gasteiger partial charge in [-0.2, -0.15) is 0 Å². The number of aromatic nitrogens is 2. The molecule has 2 aromatic rings. The Morgan fingerprint density at radius 2 is 1.87 bits per heavy atom. The van der Waals surface area contributed by atoms with Crippen LogP contribution >= 0.6 is 0 Å². The molecule has 0 saturated carbocycles. The maximum Gasteiger partial charge on any atom is 0.328 e. The molecule has 3 rings (SSSR count).